The minimum Gasteiger partial charge on any atom is -0.487 e. The molecule has 6 nitrogen and oxygen atoms in total. The van der Waals surface area contributed by atoms with Crippen LogP contribution in [0, 0.1) is 6.92 Å². The molecule has 0 aromatic heterocycles. The van der Waals surface area contributed by atoms with Gasteiger partial charge in [-0.2, -0.15) is 0 Å². The van der Waals surface area contributed by atoms with Gasteiger partial charge in [-0.1, -0.05) is 79.2 Å². The highest BCUT2D eigenvalue weighted by Gasteiger charge is 2.37. The van der Waals surface area contributed by atoms with E-state index in [1.165, 1.54) is 6.08 Å². The smallest absolute Gasteiger partial charge is 0.335 e. The van der Waals surface area contributed by atoms with Gasteiger partial charge in [0.25, 0.3) is 11.8 Å². The molecule has 1 N–H and O–H groups in total. The van der Waals surface area contributed by atoms with Gasteiger partial charge in [-0.3, -0.25) is 14.9 Å². The molecule has 4 amide bonds. The second kappa shape index (κ2) is 10.5. The molecule has 1 aliphatic heterocycles. The maximum atomic E-state index is 13.3. The summed E-state index contributed by atoms with van der Waals surface area (Å²) in [5, 5.41) is 4.86. The van der Waals surface area contributed by atoms with Crippen molar-refractivity contribution in [3.05, 3.63) is 112 Å². The van der Waals surface area contributed by atoms with E-state index in [2.05, 4.69) is 29.6 Å². The summed E-state index contributed by atoms with van der Waals surface area (Å²) in [4.78, 5) is 39.5. The van der Waals surface area contributed by atoms with Crippen molar-refractivity contribution >= 4 is 52.0 Å². The van der Waals surface area contributed by atoms with Gasteiger partial charge in [0.1, 0.15) is 17.9 Å². The normalized spacial score (nSPS) is 14.8. The summed E-state index contributed by atoms with van der Waals surface area (Å²) in [6.07, 6.45) is 2.05. The topological polar surface area (TPSA) is 75.7 Å². The average molecular weight is 525 g/mol. The van der Waals surface area contributed by atoms with Gasteiger partial charge in [0.2, 0.25) is 0 Å². The van der Waals surface area contributed by atoms with Crippen LogP contribution in [0.2, 0.25) is 5.02 Å². The molecule has 0 spiro atoms. The molecule has 1 saturated heterocycles. The lowest BCUT2D eigenvalue weighted by atomic mass is 10.0. The van der Waals surface area contributed by atoms with Gasteiger partial charge in [-0.15, -0.1) is 0 Å². The first kappa shape index (κ1) is 25.2. The molecule has 0 bridgehead atoms. The Balaban J connectivity index is 1.40. The monoisotopic (exact) mass is 524 g/mol. The standard InChI is InChI=1S/C31H25ClN2O4/c1-3-21-8-5-7-11-27(21)34-30(36)24(29(35)33-31(34)37)16-20-13-15-28(26(32)17-20)38-18-25-19(2)12-14-22-9-4-6-10-23(22)25/h4-17H,3,18H2,1-2H3,(H,33,35,37)/b24-16-. The lowest BCUT2D eigenvalue weighted by Crippen LogP contribution is -2.54. The zero-order chi connectivity index (χ0) is 26.8. The molecule has 38 heavy (non-hydrogen) atoms. The Bertz CT molecular complexity index is 1630. The van der Waals surface area contributed by atoms with Crippen molar-refractivity contribution in [3.63, 3.8) is 0 Å². The number of carbonyl (C=O) groups is 3. The van der Waals surface area contributed by atoms with Gasteiger partial charge < -0.3 is 4.74 Å². The molecule has 5 rings (SSSR count). The Morgan fingerprint density at radius 2 is 1.71 bits per heavy atom. The van der Waals surface area contributed by atoms with Crippen LogP contribution in [0.4, 0.5) is 10.5 Å². The summed E-state index contributed by atoms with van der Waals surface area (Å²) >= 11 is 6.53. The van der Waals surface area contributed by atoms with Gasteiger partial charge in [0, 0.05) is 5.56 Å². The number of hydrogen-bond acceptors (Lipinski definition) is 4. The van der Waals surface area contributed by atoms with E-state index in [0.717, 1.165) is 32.4 Å². The summed E-state index contributed by atoms with van der Waals surface area (Å²) in [7, 11) is 0. The number of para-hydroxylation sites is 1. The number of anilines is 1. The maximum Gasteiger partial charge on any atom is 0.335 e. The molecule has 1 aliphatic rings. The minimum atomic E-state index is -0.774. The van der Waals surface area contributed by atoms with Crippen molar-refractivity contribution in [3.8, 4) is 5.75 Å². The zero-order valence-electron chi connectivity index (χ0n) is 21.0. The highest BCUT2D eigenvalue weighted by Crippen LogP contribution is 2.31. The predicted octanol–water partition coefficient (Wildman–Crippen LogP) is 6.61. The molecule has 190 valence electrons. The Kier molecular flexibility index (Phi) is 6.99. The first-order valence-electron chi connectivity index (χ1n) is 12.3. The SMILES string of the molecule is CCc1ccccc1N1C(=O)NC(=O)/C(=C/c2ccc(OCc3c(C)ccc4ccccc34)c(Cl)c2)C1=O. The molecule has 1 fully saturated rings. The molecule has 0 unspecified atom stereocenters. The van der Waals surface area contributed by atoms with Crippen LogP contribution in [-0.2, 0) is 22.6 Å². The van der Waals surface area contributed by atoms with Gasteiger partial charge in [0.05, 0.1) is 10.7 Å². The van der Waals surface area contributed by atoms with Crippen LogP contribution < -0.4 is 15.0 Å². The van der Waals surface area contributed by atoms with Crippen molar-refractivity contribution in [1.29, 1.82) is 0 Å². The second-order valence-electron chi connectivity index (χ2n) is 9.00. The highest BCUT2D eigenvalue weighted by molar-refractivity contribution is 6.39. The number of rotatable bonds is 6. The van der Waals surface area contributed by atoms with Crippen molar-refractivity contribution in [1.82, 2.24) is 5.32 Å². The van der Waals surface area contributed by atoms with E-state index in [-0.39, 0.29) is 5.57 Å². The molecule has 0 radical (unpaired) electrons. The van der Waals surface area contributed by atoms with Crippen LogP contribution >= 0.6 is 11.6 Å². The molecule has 1 heterocycles. The van der Waals surface area contributed by atoms with Crippen molar-refractivity contribution in [2.75, 3.05) is 4.90 Å². The number of benzene rings is 4. The van der Waals surface area contributed by atoms with E-state index in [4.69, 9.17) is 16.3 Å². The Morgan fingerprint density at radius 1 is 0.947 bits per heavy atom. The predicted molar refractivity (Wildman–Crippen MR) is 149 cm³/mol. The molecule has 4 aromatic carbocycles. The third-order valence-corrected chi connectivity index (χ3v) is 6.92. The second-order valence-corrected chi connectivity index (χ2v) is 9.41. The molecule has 0 aliphatic carbocycles. The van der Waals surface area contributed by atoms with Crippen LogP contribution in [0.3, 0.4) is 0 Å². The molecule has 4 aromatic rings. The highest BCUT2D eigenvalue weighted by atomic mass is 35.5. The van der Waals surface area contributed by atoms with Gasteiger partial charge in [-0.05, 0) is 65.1 Å². The van der Waals surface area contributed by atoms with Crippen LogP contribution in [0.1, 0.15) is 29.2 Å². The number of hydrogen-bond donors (Lipinski definition) is 1. The number of fused-ring (bicyclic) bond motifs is 1. The third-order valence-electron chi connectivity index (χ3n) is 6.63. The summed E-state index contributed by atoms with van der Waals surface area (Å²) in [5.41, 5.74) is 3.82. The van der Waals surface area contributed by atoms with Crippen molar-refractivity contribution in [2.45, 2.75) is 26.9 Å². The lowest BCUT2D eigenvalue weighted by molar-refractivity contribution is -0.122. The fraction of sp³-hybridized carbons (Fsp3) is 0.129. The Hall–Kier alpha value is -4.42. The zero-order valence-corrected chi connectivity index (χ0v) is 21.7. The minimum absolute atomic E-state index is 0.161. The first-order chi connectivity index (χ1) is 18.4. The van der Waals surface area contributed by atoms with Gasteiger partial charge in [0.15, 0.2) is 0 Å². The van der Waals surface area contributed by atoms with Gasteiger partial charge >= 0.3 is 6.03 Å². The van der Waals surface area contributed by atoms with Crippen molar-refractivity contribution < 1.29 is 19.1 Å². The number of carbonyl (C=O) groups excluding carboxylic acids is 3. The molecular weight excluding hydrogens is 500 g/mol. The number of aryl methyl sites for hydroxylation is 2. The maximum absolute atomic E-state index is 13.3. The van der Waals surface area contributed by atoms with E-state index >= 15 is 0 Å². The van der Waals surface area contributed by atoms with Crippen LogP contribution in [0.5, 0.6) is 5.75 Å². The number of barbiturate groups is 1. The number of imide groups is 2. The lowest BCUT2D eigenvalue weighted by Gasteiger charge is -2.28. The van der Waals surface area contributed by atoms with E-state index in [9.17, 15) is 14.4 Å². The van der Waals surface area contributed by atoms with Gasteiger partial charge in [-0.25, -0.2) is 9.69 Å². The summed E-state index contributed by atoms with van der Waals surface area (Å²) in [5.74, 6) is -0.968. The van der Waals surface area contributed by atoms with E-state index < -0.39 is 17.8 Å². The number of amides is 4. The van der Waals surface area contributed by atoms with E-state index in [1.807, 2.05) is 38.1 Å². The number of halogens is 1. The fourth-order valence-electron chi connectivity index (χ4n) is 4.58. The van der Waals surface area contributed by atoms with Crippen LogP contribution in [-0.4, -0.2) is 17.8 Å². The number of nitrogens with one attached hydrogen (secondary N) is 1. The average Bonchev–Trinajstić information content (AvgIpc) is 2.91. The number of urea groups is 1. The summed E-state index contributed by atoms with van der Waals surface area (Å²) in [6.45, 7) is 4.31. The summed E-state index contributed by atoms with van der Waals surface area (Å²) < 4.78 is 6.06. The molecule has 0 atom stereocenters. The molecule has 0 saturated carbocycles. The van der Waals surface area contributed by atoms with Crippen molar-refractivity contribution in [2.24, 2.45) is 0 Å². The van der Waals surface area contributed by atoms with Crippen LogP contribution in [0.15, 0.2) is 84.4 Å². The number of ether oxygens (including phenoxy) is 1. The van der Waals surface area contributed by atoms with Crippen LogP contribution in [0.25, 0.3) is 16.8 Å². The Morgan fingerprint density at radius 3 is 2.50 bits per heavy atom. The molecular formula is C31H25ClN2O4. The quantitative estimate of drug-likeness (QED) is 0.227. The molecule has 7 heteroatoms. The largest absolute Gasteiger partial charge is 0.487 e. The fourth-order valence-corrected chi connectivity index (χ4v) is 4.82. The first-order valence-corrected chi connectivity index (χ1v) is 12.6. The van der Waals surface area contributed by atoms with E-state index in [1.54, 1.807) is 30.3 Å². The van der Waals surface area contributed by atoms with E-state index in [0.29, 0.717) is 35.1 Å². The summed E-state index contributed by atoms with van der Waals surface area (Å²) in [6, 6.07) is 23.7. The number of nitrogens with zero attached hydrogens (tertiary/aromatic N) is 1. The third kappa shape index (κ3) is 4.78. The Labute approximate surface area is 225 Å².